The molecule has 1 aliphatic heterocycles. The number of benzene rings is 1. The molecule has 0 aromatic heterocycles. The van der Waals surface area contributed by atoms with Gasteiger partial charge in [0.1, 0.15) is 11.5 Å². The van der Waals surface area contributed by atoms with Crippen molar-refractivity contribution in [2.75, 3.05) is 20.2 Å². The van der Waals surface area contributed by atoms with E-state index in [1.807, 2.05) is 52.0 Å². The summed E-state index contributed by atoms with van der Waals surface area (Å²) in [7, 11) is -1.73. The van der Waals surface area contributed by atoms with Gasteiger partial charge >= 0.3 is 7.60 Å². The van der Waals surface area contributed by atoms with Gasteiger partial charge in [0.05, 0.1) is 19.3 Å². The molecule has 0 amide bonds. The van der Waals surface area contributed by atoms with E-state index in [1.165, 1.54) is 6.42 Å². The van der Waals surface area contributed by atoms with E-state index in [1.54, 1.807) is 7.11 Å². The molecular formula is C19H32NO4P. The number of ether oxygens (including phenoxy) is 1. The third kappa shape index (κ3) is 5.55. The highest BCUT2D eigenvalue weighted by atomic mass is 31.2. The summed E-state index contributed by atoms with van der Waals surface area (Å²) in [4.78, 5) is 2.26. The van der Waals surface area contributed by atoms with Crippen molar-refractivity contribution in [3.05, 3.63) is 29.8 Å². The molecule has 142 valence electrons. The number of piperidine rings is 1. The Morgan fingerprint density at radius 2 is 1.44 bits per heavy atom. The lowest BCUT2D eigenvalue weighted by Gasteiger charge is -2.39. The Bertz CT molecular complexity index is 553. The number of hydrogen-bond acceptors (Lipinski definition) is 5. The maximum absolute atomic E-state index is 13.9. The average molecular weight is 369 g/mol. The van der Waals surface area contributed by atoms with Crippen LogP contribution in [0.5, 0.6) is 5.75 Å². The van der Waals surface area contributed by atoms with Crippen molar-refractivity contribution in [2.24, 2.45) is 0 Å². The fourth-order valence-corrected chi connectivity index (χ4v) is 5.88. The second-order valence-electron chi connectivity index (χ2n) is 7.09. The molecule has 1 saturated heterocycles. The van der Waals surface area contributed by atoms with Crippen LogP contribution in [-0.2, 0) is 13.6 Å². The van der Waals surface area contributed by atoms with Gasteiger partial charge in [0, 0.05) is 0 Å². The van der Waals surface area contributed by atoms with Crippen LogP contribution in [0, 0.1) is 0 Å². The minimum Gasteiger partial charge on any atom is -0.497 e. The number of hydrogen-bond donors (Lipinski definition) is 0. The van der Waals surface area contributed by atoms with Crippen LogP contribution in [0.15, 0.2) is 24.3 Å². The first kappa shape index (κ1) is 20.4. The molecule has 25 heavy (non-hydrogen) atoms. The Kier molecular flexibility index (Phi) is 7.51. The second-order valence-corrected chi connectivity index (χ2v) is 9.08. The third-order valence-electron chi connectivity index (χ3n) is 4.17. The molecule has 6 heteroatoms. The summed E-state index contributed by atoms with van der Waals surface area (Å²) in [5.74, 6) is 0.397. The molecule has 1 unspecified atom stereocenters. The van der Waals surface area contributed by atoms with Gasteiger partial charge in [-0.1, -0.05) is 18.6 Å². The lowest BCUT2D eigenvalue weighted by molar-refractivity contribution is 0.104. The molecule has 0 spiro atoms. The summed E-state index contributed by atoms with van der Waals surface area (Å²) in [5, 5.41) is 0. The Balaban J connectivity index is 2.43. The molecule has 0 radical (unpaired) electrons. The van der Waals surface area contributed by atoms with Crippen molar-refractivity contribution in [1.82, 2.24) is 4.90 Å². The highest BCUT2D eigenvalue weighted by molar-refractivity contribution is 7.54. The monoisotopic (exact) mass is 369 g/mol. The molecule has 1 atom stereocenters. The Morgan fingerprint density at radius 3 is 1.88 bits per heavy atom. The predicted octanol–water partition coefficient (Wildman–Crippen LogP) is 5.22. The van der Waals surface area contributed by atoms with Crippen molar-refractivity contribution in [1.29, 1.82) is 0 Å². The highest BCUT2D eigenvalue weighted by Crippen LogP contribution is 2.64. The zero-order valence-corrected chi connectivity index (χ0v) is 17.0. The summed E-state index contributed by atoms with van der Waals surface area (Å²) >= 11 is 0. The van der Waals surface area contributed by atoms with E-state index in [4.69, 9.17) is 13.8 Å². The van der Waals surface area contributed by atoms with Crippen LogP contribution in [-0.4, -0.2) is 37.3 Å². The minimum atomic E-state index is -3.37. The van der Waals surface area contributed by atoms with Crippen LogP contribution in [0.3, 0.4) is 0 Å². The summed E-state index contributed by atoms with van der Waals surface area (Å²) in [6.45, 7) is 9.41. The molecule has 1 aliphatic rings. The molecule has 2 rings (SSSR count). The van der Waals surface area contributed by atoms with Gasteiger partial charge < -0.3 is 13.8 Å². The van der Waals surface area contributed by atoms with Gasteiger partial charge in [0.2, 0.25) is 0 Å². The normalized spacial score (nSPS) is 17.9. The summed E-state index contributed by atoms with van der Waals surface area (Å²) in [6.07, 6.45) is 3.09. The van der Waals surface area contributed by atoms with Crippen molar-refractivity contribution >= 4 is 7.60 Å². The van der Waals surface area contributed by atoms with Crippen molar-refractivity contribution in [3.8, 4) is 5.75 Å². The van der Waals surface area contributed by atoms with E-state index in [0.29, 0.717) is 0 Å². The van der Waals surface area contributed by atoms with Gasteiger partial charge in [-0.15, -0.1) is 0 Å². The van der Waals surface area contributed by atoms with E-state index >= 15 is 0 Å². The molecule has 1 heterocycles. The average Bonchev–Trinajstić information content (AvgIpc) is 2.55. The lowest BCUT2D eigenvalue weighted by Crippen LogP contribution is -2.35. The van der Waals surface area contributed by atoms with E-state index in [9.17, 15) is 4.57 Å². The van der Waals surface area contributed by atoms with Crippen molar-refractivity contribution in [2.45, 2.75) is 64.9 Å². The number of likely N-dealkylation sites (tertiary alicyclic amines) is 1. The zero-order valence-electron chi connectivity index (χ0n) is 16.1. The van der Waals surface area contributed by atoms with Crippen molar-refractivity contribution in [3.63, 3.8) is 0 Å². The molecule has 1 aromatic carbocycles. The topological polar surface area (TPSA) is 48.0 Å². The molecule has 0 saturated carbocycles. The van der Waals surface area contributed by atoms with Gasteiger partial charge in [-0.3, -0.25) is 9.46 Å². The van der Waals surface area contributed by atoms with Gasteiger partial charge in [-0.25, -0.2) is 0 Å². The lowest BCUT2D eigenvalue weighted by atomic mass is 10.1. The molecule has 1 fully saturated rings. The van der Waals surface area contributed by atoms with Crippen LogP contribution in [0.4, 0.5) is 0 Å². The summed E-state index contributed by atoms with van der Waals surface area (Å²) in [6, 6.07) is 7.75. The number of methoxy groups -OCH3 is 1. The second kappa shape index (κ2) is 9.18. The van der Waals surface area contributed by atoms with Crippen LogP contribution in [0.2, 0.25) is 0 Å². The van der Waals surface area contributed by atoms with Gasteiger partial charge in [0.25, 0.3) is 0 Å². The molecular weight excluding hydrogens is 337 g/mol. The first-order valence-corrected chi connectivity index (χ1v) is 10.8. The van der Waals surface area contributed by atoms with E-state index in [0.717, 1.165) is 37.2 Å². The Labute approximate surface area is 152 Å². The van der Waals surface area contributed by atoms with Crippen LogP contribution in [0.25, 0.3) is 0 Å². The smallest absolute Gasteiger partial charge is 0.352 e. The molecule has 1 aromatic rings. The number of rotatable bonds is 8. The van der Waals surface area contributed by atoms with Gasteiger partial charge in [0.15, 0.2) is 0 Å². The van der Waals surface area contributed by atoms with Gasteiger partial charge in [-0.05, 0) is 71.3 Å². The highest BCUT2D eigenvalue weighted by Gasteiger charge is 2.43. The maximum atomic E-state index is 13.9. The van der Waals surface area contributed by atoms with Crippen LogP contribution >= 0.6 is 7.60 Å². The quantitative estimate of drug-likeness (QED) is 0.588. The van der Waals surface area contributed by atoms with Crippen LogP contribution < -0.4 is 4.74 Å². The molecule has 5 nitrogen and oxygen atoms in total. The summed E-state index contributed by atoms with van der Waals surface area (Å²) in [5.41, 5.74) is 0.951. The minimum absolute atomic E-state index is 0.171. The van der Waals surface area contributed by atoms with E-state index < -0.39 is 7.60 Å². The SMILES string of the molecule is COc1ccc(C(N2CCCCC2)P(=O)(OC(C)C)OC(C)C)cc1. The molecule has 0 N–H and O–H groups in total. The third-order valence-corrected chi connectivity index (χ3v) is 6.82. The molecule has 0 bridgehead atoms. The first-order chi connectivity index (χ1) is 11.9. The first-order valence-electron chi connectivity index (χ1n) is 9.20. The summed E-state index contributed by atoms with van der Waals surface area (Å²) < 4.78 is 31.0. The van der Waals surface area contributed by atoms with Gasteiger partial charge in [-0.2, -0.15) is 0 Å². The van der Waals surface area contributed by atoms with Crippen molar-refractivity contribution < 1.29 is 18.3 Å². The molecule has 0 aliphatic carbocycles. The Hall–Kier alpha value is -0.870. The Morgan fingerprint density at radius 1 is 0.920 bits per heavy atom. The maximum Gasteiger partial charge on any atom is 0.352 e. The van der Waals surface area contributed by atoms with E-state index in [2.05, 4.69) is 4.90 Å². The van der Waals surface area contributed by atoms with E-state index in [-0.39, 0.29) is 18.0 Å². The van der Waals surface area contributed by atoms with Crippen LogP contribution in [0.1, 0.15) is 58.3 Å². The standard InChI is InChI=1S/C19H32NO4P/c1-15(2)23-25(21,24-16(3)4)19(20-13-7-6-8-14-20)17-9-11-18(22-5)12-10-17/h9-12,15-16,19H,6-8,13-14H2,1-5H3. The fourth-order valence-electron chi connectivity index (χ4n) is 3.26. The zero-order chi connectivity index (χ0) is 18.4. The predicted molar refractivity (Wildman–Crippen MR) is 101 cm³/mol. The fraction of sp³-hybridized carbons (Fsp3) is 0.684. The number of nitrogens with zero attached hydrogens (tertiary/aromatic N) is 1. The largest absolute Gasteiger partial charge is 0.497 e.